The van der Waals surface area contributed by atoms with Crippen molar-refractivity contribution < 1.29 is 14.6 Å². The fourth-order valence-corrected chi connectivity index (χ4v) is 2.30. The molecular weight excluding hydrogens is 224 g/mol. The van der Waals surface area contributed by atoms with Crippen LogP contribution in [0.4, 0.5) is 0 Å². The van der Waals surface area contributed by atoms with Crippen molar-refractivity contribution in [2.75, 3.05) is 0 Å². The number of aliphatic carboxylic acids is 1. The summed E-state index contributed by atoms with van der Waals surface area (Å²) >= 11 is 1.61. The third kappa shape index (κ3) is 2.93. The molecule has 0 aliphatic heterocycles. The molecule has 0 radical (unpaired) electrons. The second-order valence-electron chi connectivity index (χ2n) is 3.83. The van der Waals surface area contributed by atoms with Crippen molar-refractivity contribution in [2.45, 2.75) is 32.0 Å². The van der Waals surface area contributed by atoms with Gasteiger partial charge in [-0.05, 0) is 42.3 Å². The molecule has 0 saturated heterocycles. The maximum atomic E-state index is 10.4. The van der Waals surface area contributed by atoms with Gasteiger partial charge in [-0.2, -0.15) is 0 Å². The van der Waals surface area contributed by atoms with Crippen molar-refractivity contribution in [3.8, 4) is 0 Å². The molecule has 1 aliphatic rings. The Bertz CT molecular complexity index is 391. The second kappa shape index (κ2) is 5.27. The molecule has 2 rings (SSSR count). The molecule has 0 spiro atoms. The van der Waals surface area contributed by atoms with Gasteiger partial charge in [0.05, 0.1) is 12.7 Å². The van der Waals surface area contributed by atoms with E-state index in [1.807, 2.05) is 11.4 Å². The molecule has 1 heterocycles. The number of carboxylic acids is 1. The molecule has 86 valence electrons. The zero-order valence-electron chi connectivity index (χ0n) is 8.89. The highest BCUT2D eigenvalue weighted by Gasteiger charge is 2.18. The molecule has 1 aromatic heterocycles. The van der Waals surface area contributed by atoms with Crippen molar-refractivity contribution >= 4 is 23.4 Å². The van der Waals surface area contributed by atoms with Gasteiger partial charge in [0.25, 0.3) is 0 Å². The van der Waals surface area contributed by atoms with Crippen LogP contribution in [0.1, 0.15) is 29.7 Å². The van der Waals surface area contributed by atoms with Gasteiger partial charge in [-0.3, -0.25) is 0 Å². The third-order valence-corrected chi connectivity index (χ3v) is 3.60. The van der Waals surface area contributed by atoms with Crippen molar-refractivity contribution in [2.24, 2.45) is 0 Å². The Labute approximate surface area is 98.4 Å². The van der Waals surface area contributed by atoms with Crippen LogP contribution in [0.25, 0.3) is 6.08 Å². The van der Waals surface area contributed by atoms with Gasteiger partial charge in [0.1, 0.15) is 0 Å². The number of rotatable bonds is 5. The van der Waals surface area contributed by atoms with Crippen LogP contribution in [0, 0.1) is 0 Å². The monoisotopic (exact) mass is 238 g/mol. The highest BCUT2D eigenvalue weighted by Crippen LogP contribution is 2.26. The first kappa shape index (κ1) is 11.4. The van der Waals surface area contributed by atoms with Crippen LogP contribution in [-0.2, 0) is 16.1 Å². The van der Waals surface area contributed by atoms with Crippen molar-refractivity contribution in [3.05, 3.63) is 28.0 Å². The summed E-state index contributed by atoms with van der Waals surface area (Å²) in [6.07, 6.45) is 6.78. The first-order chi connectivity index (χ1) is 7.75. The Balaban J connectivity index is 1.92. The van der Waals surface area contributed by atoms with Crippen LogP contribution in [0.2, 0.25) is 0 Å². The SMILES string of the molecule is O=C(O)C=Cc1ccsc1COC1CCC1. The van der Waals surface area contributed by atoms with E-state index in [-0.39, 0.29) is 0 Å². The van der Waals surface area contributed by atoms with Crippen molar-refractivity contribution in [1.29, 1.82) is 0 Å². The average molecular weight is 238 g/mol. The van der Waals surface area contributed by atoms with Crippen LogP contribution in [-0.4, -0.2) is 17.2 Å². The van der Waals surface area contributed by atoms with Gasteiger partial charge in [-0.15, -0.1) is 11.3 Å². The van der Waals surface area contributed by atoms with E-state index in [9.17, 15) is 4.79 Å². The van der Waals surface area contributed by atoms with Crippen LogP contribution >= 0.6 is 11.3 Å². The molecule has 1 fully saturated rings. The van der Waals surface area contributed by atoms with E-state index in [2.05, 4.69) is 0 Å². The van der Waals surface area contributed by atoms with Gasteiger partial charge in [-0.25, -0.2) is 4.79 Å². The molecular formula is C12H14O3S. The molecule has 0 atom stereocenters. The summed E-state index contributed by atoms with van der Waals surface area (Å²) in [6, 6.07) is 1.92. The predicted molar refractivity (Wildman–Crippen MR) is 63.4 cm³/mol. The number of carboxylic acid groups (broad SMARTS) is 1. The highest BCUT2D eigenvalue weighted by molar-refractivity contribution is 7.10. The van der Waals surface area contributed by atoms with E-state index >= 15 is 0 Å². The molecule has 1 saturated carbocycles. The van der Waals surface area contributed by atoms with Gasteiger partial charge < -0.3 is 9.84 Å². The summed E-state index contributed by atoms with van der Waals surface area (Å²) in [5.74, 6) is -0.919. The van der Waals surface area contributed by atoms with Crippen molar-refractivity contribution in [3.63, 3.8) is 0 Å². The number of hydrogen-bond acceptors (Lipinski definition) is 3. The summed E-state index contributed by atoms with van der Waals surface area (Å²) in [5, 5.41) is 10.5. The Hall–Kier alpha value is -1.13. The molecule has 3 nitrogen and oxygen atoms in total. The lowest BCUT2D eigenvalue weighted by molar-refractivity contribution is -0.131. The highest BCUT2D eigenvalue weighted by atomic mass is 32.1. The molecule has 0 aromatic carbocycles. The fraction of sp³-hybridized carbons (Fsp3) is 0.417. The normalized spacial score (nSPS) is 16.5. The lowest BCUT2D eigenvalue weighted by Crippen LogP contribution is -2.21. The molecule has 1 aromatic rings. The van der Waals surface area contributed by atoms with Crippen LogP contribution < -0.4 is 0 Å². The van der Waals surface area contributed by atoms with Gasteiger partial charge in [0.2, 0.25) is 0 Å². The largest absolute Gasteiger partial charge is 0.478 e. The summed E-state index contributed by atoms with van der Waals surface area (Å²) in [5.41, 5.74) is 0.951. The van der Waals surface area contributed by atoms with Gasteiger partial charge >= 0.3 is 5.97 Å². The lowest BCUT2D eigenvalue weighted by Gasteiger charge is -2.25. The Kier molecular flexibility index (Phi) is 3.74. The van der Waals surface area contributed by atoms with Crippen LogP contribution in [0.3, 0.4) is 0 Å². The fourth-order valence-electron chi connectivity index (χ4n) is 1.51. The molecule has 16 heavy (non-hydrogen) atoms. The Morgan fingerprint density at radius 2 is 2.44 bits per heavy atom. The molecule has 1 N–H and O–H groups in total. The minimum absolute atomic E-state index is 0.415. The van der Waals surface area contributed by atoms with Crippen molar-refractivity contribution in [1.82, 2.24) is 0 Å². The maximum absolute atomic E-state index is 10.4. The quantitative estimate of drug-likeness (QED) is 0.802. The zero-order chi connectivity index (χ0) is 11.4. The summed E-state index contributed by atoms with van der Waals surface area (Å²) < 4.78 is 5.70. The van der Waals surface area contributed by atoms with Crippen LogP contribution in [0.15, 0.2) is 17.5 Å². The van der Waals surface area contributed by atoms with E-state index in [0.717, 1.165) is 29.4 Å². The number of thiophene rings is 1. The minimum Gasteiger partial charge on any atom is -0.478 e. The van der Waals surface area contributed by atoms with E-state index < -0.39 is 5.97 Å². The van der Waals surface area contributed by atoms with E-state index in [1.165, 1.54) is 6.42 Å². The third-order valence-electron chi connectivity index (χ3n) is 2.69. The van der Waals surface area contributed by atoms with E-state index in [0.29, 0.717) is 12.7 Å². The summed E-state index contributed by atoms with van der Waals surface area (Å²) in [6.45, 7) is 0.599. The Morgan fingerprint density at radius 1 is 1.62 bits per heavy atom. The lowest BCUT2D eigenvalue weighted by atomic mass is 9.96. The zero-order valence-corrected chi connectivity index (χ0v) is 9.70. The topological polar surface area (TPSA) is 46.5 Å². The number of ether oxygens (including phenoxy) is 1. The van der Waals surface area contributed by atoms with Gasteiger partial charge in [0.15, 0.2) is 0 Å². The smallest absolute Gasteiger partial charge is 0.328 e. The Morgan fingerprint density at radius 3 is 3.06 bits per heavy atom. The molecule has 4 heteroatoms. The number of hydrogen-bond donors (Lipinski definition) is 1. The summed E-state index contributed by atoms with van der Waals surface area (Å²) in [7, 11) is 0. The van der Waals surface area contributed by atoms with Gasteiger partial charge in [0, 0.05) is 11.0 Å². The molecule has 0 unspecified atom stereocenters. The minimum atomic E-state index is -0.919. The van der Waals surface area contributed by atoms with E-state index in [1.54, 1.807) is 17.4 Å². The molecule has 1 aliphatic carbocycles. The molecule has 0 bridgehead atoms. The average Bonchev–Trinajstić information content (AvgIpc) is 2.60. The number of carbonyl (C=O) groups is 1. The van der Waals surface area contributed by atoms with Gasteiger partial charge in [-0.1, -0.05) is 0 Å². The first-order valence-electron chi connectivity index (χ1n) is 5.34. The maximum Gasteiger partial charge on any atom is 0.328 e. The molecule has 0 amide bonds. The standard InChI is InChI=1S/C12H14O3S/c13-12(14)5-4-9-6-7-16-11(9)8-15-10-2-1-3-10/h4-7,10H,1-3,8H2,(H,13,14). The van der Waals surface area contributed by atoms with E-state index in [4.69, 9.17) is 9.84 Å². The second-order valence-corrected chi connectivity index (χ2v) is 4.84. The predicted octanol–water partition coefficient (Wildman–Crippen LogP) is 2.92. The first-order valence-corrected chi connectivity index (χ1v) is 6.22. The summed E-state index contributed by atoms with van der Waals surface area (Å²) in [4.78, 5) is 11.5. The van der Waals surface area contributed by atoms with Crippen LogP contribution in [0.5, 0.6) is 0 Å².